The van der Waals surface area contributed by atoms with E-state index >= 15 is 0 Å². The summed E-state index contributed by atoms with van der Waals surface area (Å²) in [5.74, 6) is -0.621. The molecule has 2 unspecified atom stereocenters. The second-order valence-corrected chi connectivity index (χ2v) is 4.75. The van der Waals surface area contributed by atoms with Gasteiger partial charge >= 0.3 is 0 Å². The fourth-order valence-corrected chi connectivity index (χ4v) is 2.86. The van der Waals surface area contributed by atoms with Crippen LogP contribution in [0, 0.1) is 0 Å². The summed E-state index contributed by atoms with van der Waals surface area (Å²) in [6.45, 7) is 0.848. The average molecular weight is 245 g/mol. The number of rotatable bonds is 1. The van der Waals surface area contributed by atoms with E-state index in [-0.39, 0.29) is 11.9 Å². The molecule has 1 aromatic carbocycles. The van der Waals surface area contributed by atoms with Gasteiger partial charge in [0.15, 0.2) is 0 Å². The number of para-hydroxylation sites is 1. The van der Waals surface area contributed by atoms with Crippen molar-refractivity contribution in [1.29, 1.82) is 0 Å². The molecule has 0 aliphatic carbocycles. The summed E-state index contributed by atoms with van der Waals surface area (Å²) in [5, 5.41) is 2.75. The third kappa shape index (κ3) is 1.54. The lowest BCUT2D eigenvalue weighted by atomic mass is 10.0. The highest BCUT2D eigenvalue weighted by atomic mass is 16.2. The molecule has 0 aromatic heterocycles. The summed E-state index contributed by atoms with van der Waals surface area (Å²) in [6, 6.07) is 6.68. The van der Waals surface area contributed by atoms with Gasteiger partial charge in [-0.05, 0) is 18.9 Å². The molecule has 2 amide bonds. The van der Waals surface area contributed by atoms with E-state index in [2.05, 4.69) is 10.2 Å². The van der Waals surface area contributed by atoms with Gasteiger partial charge in [0.05, 0.1) is 0 Å². The van der Waals surface area contributed by atoms with E-state index < -0.39 is 11.9 Å². The van der Waals surface area contributed by atoms with Crippen LogP contribution in [-0.2, 0) is 9.59 Å². The molecule has 1 fully saturated rings. The quantitative estimate of drug-likeness (QED) is 0.747. The van der Waals surface area contributed by atoms with Crippen molar-refractivity contribution in [3.05, 3.63) is 29.8 Å². The highest BCUT2D eigenvalue weighted by molar-refractivity contribution is 5.95. The van der Waals surface area contributed by atoms with Crippen molar-refractivity contribution in [2.45, 2.75) is 24.9 Å². The number of benzene rings is 1. The van der Waals surface area contributed by atoms with Crippen LogP contribution < -0.4 is 16.0 Å². The Labute approximate surface area is 105 Å². The molecule has 18 heavy (non-hydrogen) atoms. The van der Waals surface area contributed by atoms with E-state index in [0.29, 0.717) is 0 Å². The summed E-state index contributed by atoms with van der Waals surface area (Å²) < 4.78 is 0. The maximum absolute atomic E-state index is 12.1. The Bertz CT molecular complexity index is 515. The summed E-state index contributed by atoms with van der Waals surface area (Å²) in [6.07, 6.45) is 1.82. The maximum atomic E-state index is 12.1. The van der Waals surface area contributed by atoms with Crippen LogP contribution in [0.3, 0.4) is 0 Å². The number of anilines is 1. The highest BCUT2D eigenvalue weighted by Crippen LogP contribution is 2.34. The van der Waals surface area contributed by atoms with Crippen molar-refractivity contribution in [1.82, 2.24) is 5.32 Å². The SMILES string of the molecule is NC(=O)C1NC(=O)C2CCCN2c2ccccc21. The van der Waals surface area contributed by atoms with Crippen LogP contribution in [0.5, 0.6) is 0 Å². The van der Waals surface area contributed by atoms with Gasteiger partial charge in [0.1, 0.15) is 12.1 Å². The van der Waals surface area contributed by atoms with Crippen molar-refractivity contribution in [3.8, 4) is 0 Å². The maximum Gasteiger partial charge on any atom is 0.244 e. The van der Waals surface area contributed by atoms with Crippen molar-refractivity contribution >= 4 is 17.5 Å². The molecular formula is C13H15N3O2. The summed E-state index contributed by atoms with van der Waals surface area (Å²) in [7, 11) is 0. The van der Waals surface area contributed by atoms with E-state index in [1.54, 1.807) is 0 Å². The zero-order valence-electron chi connectivity index (χ0n) is 9.93. The average Bonchev–Trinajstić information content (AvgIpc) is 2.80. The molecule has 0 saturated carbocycles. The molecule has 5 nitrogen and oxygen atoms in total. The molecule has 3 N–H and O–H groups in total. The number of nitrogens with one attached hydrogen (secondary N) is 1. The monoisotopic (exact) mass is 245 g/mol. The third-order valence-corrected chi connectivity index (χ3v) is 3.68. The second-order valence-electron chi connectivity index (χ2n) is 4.75. The molecular weight excluding hydrogens is 230 g/mol. The largest absolute Gasteiger partial charge is 0.368 e. The van der Waals surface area contributed by atoms with E-state index in [1.165, 1.54) is 0 Å². The third-order valence-electron chi connectivity index (χ3n) is 3.68. The standard InChI is InChI=1S/C13H15N3O2/c14-12(17)11-8-4-1-2-5-9(8)16-7-3-6-10(16)13(18)15-11/h1-2,4-5,10-11H,3,6-7H2,(H2,14,17)(H,15,18). The first-order valence-corrected chi connectivity index (χ1v) is 6.14. The van der Waals surface area contributed by atoms with Gasteiger partial charge < -0.3 is 16.0 Å². The van der Waals surface area contributed by atoms with Gasteiger partial charge in [-0.2, -0.15) is 0 Å². The smallest absolute Gasteiger partial charge is 0.244 e. The molecule has 0 spiro atoms. The van der Waals surface area contributed by atoms with Gasteiger partial charge in [-0.15, -0.1) is 0 Å². The molecule has 5 heteroatoms. The number of fused-ring (bicyclic) bond motifs is 3. The first kappa shape index (κ1) is 11.1. The molecule has 0 radical (unpaired) electrons. The number of nitrogens with two attached hydrogens (primary N) is 1. The van der Waals surface area contributed by atoms with Crippen LogP contribution >= 0.6 is 0 Å². The van der Waals surface area contributed by atoms with Crippen molar-refractivity contribution < 1.29 is 9.59 Å². The van der Waals surface area contributed by atoms with E-state index in [9.17, 15) is 9.59 Å². The normalized spacial score (nSPS) is 26.0. The van der Waals surface area contributed by atoms with Crippen molar-refractivity contribution in [2.24, 2.45) is 5.73 Å². The minimum absolute atomic E-state index is 0.104. The molecule has 2 atom stereocenters. The van der Waals surface area contributed by atoms with E-state index in [1.807, 2.05) is 24.3 Å². The van der Waals surface area contributed by atoms with E-state index in [4.69, 9.17) is 5.73 Å². The van der Waals surface area contributed by atoms with Crippen LogP contribution in [0.15, 0.2) is 24.3 Å². The minimum Gasteiger partial charge on any atom is -0.368 e. The van der Waals surface area contributed by atoms with Crippen molar-refractivity contribution in [2.75, 3.05) is 11.4 Å². The second kappa shape index (κ2) is 4.01. The highest BCUT2D eigenvalue weighted by Gasteiger charge is 2.38. The first-order valence-electron chi connectivity index (χ1n) is 6.14. The Kier molecular flexibility index (Phi) is 2.47. The molecule has 2 aliphatic rings. The number of primary amides is 1. The topological polar surface area (TPSA) is 75.4 Å². The lowest BCUT2D eigenvalue weighted by Gasteiger charge is -2.24. The number of amides is 2. The first-order chi connectivity index (χ1) is 8.68. The molecule has 3 rings (SSSR count). The Balaban J connectivity index is 2.14. The number of hydrogen-bond donors (Lipinski definition) is 2. The minimum atomic E-state index is -0.723. The Morgan fingerprint density at radius 1 is 1.39 bits per heavy atom. The fraction of sp³-hybridized carbons (Fsp3) is 0.385. The Morgan fingerprint density at radius 3 is 2.94 bits per heavy atom. The van der Waals surface area contributed by atoms with Crippen LogP contribution in [0.4, 0.5) is 5.69 Å². The number of nitrogens with zero attached hydrogens (tertiary/aromatic N) is 1. The van der Waals surface area contributed by atoms with Gasteiger partial charge in [-0.3, -0.25) is 9.59 Å². The zero-order chi connectivity index (χ0) is 12.7. The van der Waals surface area contributed by atoms with Gasteiger partial charge in [0.25, 0.3) is 0 Å². The summed E-state index contributed by atoms with van der Waals surface area (Å²) in [5.41, 5.74) is 7.13. The summed E-state index contributed by atoms with van der Waals surface area (Å²) >= 11 is 0. The van der Waals surface area contributed by atoms with Crippen LogP contribution in [-0.4, -0.2) is 24.4 Å². The lowest BCUT2D eigenvalue weighted by Crippen LogP contribution is -2.43. The molecule has 2 aliphatic heterocycles. The van der Waals surface area contributed by atoms with Crippen molar-refractivity contribution in [3.63, 3.8) is 0 Å². The Hall–Kier alpha value is -2.04. The molecule has 2 heterocycles. The van der Waals surface area contributed by atoms with Gasteiger partial charge in [0, 0.05) is 17.8 Å². The van der Waals surface area contributed by atoms with Gasteiger partial charge in [0.2, 0.25) is 11.8 Å². The number of carbonyl (C=O) groups is 2. The van der Waals surface area contributed by atoms with Crippen LogP contribution in [0.2, 0.25) is 0 Å². The Morgan fingerprint density at radius 2 is 2.17 bits per heavy atom. The predicted octanol–water partition coefficient (Wildman–Crippen LogP) is 0.312. The number of hydrogen-bond acceptors (Lipinski definition) is 3. The van der Waals surface area contributed by atoms with Crippen LogP contribution in [0.25, 0.3) is 0 Å². The van der Waals surface area contributed by atoms with Gasteiger partial charge in [-0.1, -0.05) is 18.2 Å². The zero-order valence-corrected chi connectivity index (χ0v) is 9.93. The molecule has 1 saturated heterocycles. The van der Waals surface area contributed by atoms with Gasteiger partial charge in [-0.25, -0.2) is 0 Å². The van der Waals surface area contributed by atoms with E-state index in [0.717, 1.165) is 30.6 Å². The predicted molar refractivity (Wildman–Crippen MR) is 66.9 cm³/mol. The number of carbonyl (C=O) groups excluding carboxylic acids is 2. The van der Waals surface area contributed by atoms with Crippen LogP contribution in [0.1, 0.15) is 24.4 Å². The molecule has 0 bridgehead atoms. The molecule has 1 aromatic rings. The lowest BCUT2D eigenvalue weighted by molar-refractivity contribution is -0.127. The summed E-state index contributed by atoms with van der Waals surface area (Å²) in [4.78, 5) is 25.7. The fourth-order valence-electron chi connectivity index (χ4n) is 2.86. The molecule has 94 valence electrons.